The molecule has 1 amide bonds. The van der Waals surface area contributed by atoms with Gasteiger partial charge in [0.25, 0.3) is 5.69 Å². The van der Waals surface area contributed by atoms with E-state index in [0.29, 0.717) is 18.8 Å². The molecular formula is C18H20FN3O4. The zero-order valence-corrected chi connectivity index (χ0v) is 14.6. The van der Waals surface area contributed by atoms with Gasteiger partial charge in [-0.15, -0.1) is 0 Å². The van der Waals surface area contributed by atoms with Crippen molar-refractivity contribution in [2.24, 2.45) is 0 Å². The van der Waals surface area contributed by atoms with Crippen molar-refractivity contribution < 1.29 is 18.8 Å². The van der Waals surface area contributed by atoms with Crippen LogP contribution in [0.1, 0.15) is 12.5 Å². The lowest BCUT2D eigenvalue weighted by Crippen LogP contribution is -2.32. The van der Waals surface area contributed by atoms with Crippen LogP contribution in [0.25, 0.3) is 0 Å². The number of methoxy groups -OCH3 is 1. The molecule has 2 rings (SSSR count). The van der Waals surface area contributed by atoms with Crippen molar-refractivity contribution in [3.8, 4) is 5.75 Å². The summed E-state index contributed by atoms with van der Waals surface area (Å²) in [5.41, 5.74) is 1.17. The van der Waals surface area contributed by atoms with E-state index in [1.54, 1.807) is 12.1 Å². The Hall–Kier alpha value is -3.00. The first kappa shape index (κ1) is 19.3. The van der Waals surface area contributed by atoms with Crippen molar-refractivity contribution in [3.05, 3.63) is 64.0 Å². The second-order valence-electron chi connectivity index (χ2n) is 5.62. The summed E-state index contributed by atoms with van der Waals surface area (Å²) in [5, 5.41) is 13.3. The van der Waals surface area contributed by atoms with Gasteiger partial charge in [0.05, 0.1) is 18.6 Å². The van der Waals surface area contributed by atoms with Gasteiger partial charge in [0.15, 0.2) is 11.6 Å². The molecule has 0 spiro atoms. The van der Waals surface area contributed by atoms with Gasteiger partial charge < -0.3 is 10.1 Å². The molecular weight excluding hydrogens is 341 g/mol. The normalized spacial score (nSPS) is 10.6. The fourth-order valence-electron chi connectivity index (χ4n) is 2.42. The second-order valence-corrected chi connectivity index (χ2v) is 5.62. The van der Waals surface area contributed by atoms with Gasteiger partial charge in [-0.25, -0.2) is 4.39 Å². The predicted molar refractivity (Wildman–Crippen MR) is 95.6 cm³/mol. The lowest BCUT2D eigenvalue weighted by molar-refractivity contribution is -0.384. The summed E-state index contributed by atoms with van der Waals surface area (Å²) in [6, 6.07) is 10.3. The van der Waals surface area contributed by atoms with Crippen LogP contribution in [0.3, 0.4) is 0 Å². The third-order valence-electron chi connectivity index (χ3n) is 3.80. The highest BCUT2D eigenvalue weighted by Crippen LogP contribution is 2.19. The first-order valence-corrected chi connectivity index (χ1v) is 8.02. The van der Waals surface area contributed by atoms with E-state index in [2.05, 4.69) is 5.32 Å². The molecule has 0 heterocycles. The number of amides is 1. The minimum absolute atomic E-state index is 0.0419. The van der Waals surface area contributed by atoms with Crippen LogP contribution in [0.5, 0.6) is 5.75 Å². The number of carbonyl (C=O) groups is 1. The van der Waals surface area contributed by atoms with E-state index in [0.717, 1.165) is 5.56 Å². The second kappa shape index (κ2) is 8.91. The van der Waals surface area contributed by atoms with Gasteiger partial charge in [-0.2, -0.15) is 0 Å². The van der Waals surface area contributed by atoms with Crippen molar-refractivity contribution in [2.75, 3.05) is 25.5 Å². The minimum atomic E-state index is -0.502. The highest BCUT2D eigenvalue weighted by atomic mass is 19.1. The number of nitrogens with one attached hydrogen (secondary N) is 1. The Balaban J connectivity index is 1.95. The Bertz CT molecular complexity index is 781. The molecule has 0 unspecified atom stereocenters. The molecule has 7 nitrogen and oxygen atoms in total. The Morgan fingerprint density at radius 2 is 1.96 bits per heavy atom. The third-order valence-corrected chi connectivity index (χ3v) is 3.80. The van der Waals surface area contributed by atoms with Crippen LogP contribution in [0.2, 0.25) is 0 Å². The molecule has 2 aromatic carbocycles. The van der Waals surface area contributed by atoms with E-state index in [1.807, 2.05) is 11.8 Å². The number of hydrogen-bond donors (Lipinski definition) is 1. The van der Waals surface area contributed by atoms with Crippen molar-refractivity contribution in [3.63, 3.8) is 0 Å². The van der Waals surface area contributed by atoms with E-state index in [4.69, 9.17) is 4.74 Å². The van der Waals surface area contributed by atoms with Gasteiger partial charge >= 0.3 is 0 Å². The maximum Gasteiger partial charge on any atom is 0.269 e. The van der Waals surface area contributed by atoms with Crippen molar-refractivity contribution in [1.29, 1.82) is 0 Å². The highest BCUT2D eigenvalue weighted by Gasteiger charge is 2.12. The number of nitro groups is 1. The van der Waals surface area contributed by atoms with Gasteiger partial charge in [-0.3, -0.25) is 19.8 Å². The van der Waals surface area contributed by atoms with E-state index in [9.17, 15) is 19.3 Å². The average molecular weight is 361 g/mol. The molecule has 2 aromatic rings. The Labute approximate surface area is 150 Å². The van der Waals surface area contributed by atoms with Crippen LogP contribution in [0.4, 0.5) is 15.8 Å². The van der Waals surface area contributed by atoms with Crippen LogP contribution in [-0.2, 0) is 11.3 Å². The molecule has 8 heteroatoms. The van der Waals surface area contributed by atoms with Gasteiger partial charge in [-0.05, 0) is 36.4 Å². The quantitative estimate of drug-likeness (QED) is 0.576. The highest BCUT2D eigenvalue weighted by molar-refractivity contribution is 5.92. The number of hydrogen-bond acceptors (Lipinski definition) is 5. The molecule has 0 radical (unpaired) electrons. The maximum atomic E-state index is 13.8. The summed E-state index contributed by atoms with van der Waals surface area (Å²) < 4.78 is 18.7. The summed E-state index contributed by atoms with van der Waals surface area (Å²) in [6.07, 6.45) is 0. The fourth-order valence-corrected chi connectivity index (χ4v) is 2.42. The molecule has 0 aromatic heterocycles. The van der Waals surface area contributed by atoms with Gasteiger partial charge in [0.1, 0.15) is 0 Å². The van der Waals surface area contributed by atoms with Crippen molar-refractivity contribution >= 4 is 17.3 Å². The Morgan fingerprint density at radius 1 is 1.27 bits per heavy atom. The van der Waals surface area contributed by atoms with E-state index >= 15 is 0 Å². The molecule has 0 bridgehead atoms. The number of non-ortho nitro benzene ring substituents is 1. The molecule has 1 N–H and O–H groups in total. The number of rotatable bonds is 8. The first-order chi connectivity index (χ1) is 12.4. The van der Waals surface area contributed by atoms with Crippen LogP contribution in [0, 0.1) is 15.9 Å². The number of nitro benzene ring substituents is 1. The maximum absolute atomic E-state index is 13.8. The van der Waals surface area contributed by atoms with Crippen LogP contribution < -0.4 is 10.1 Å². The first-order valence-electron chi connectivity index (χ1n) is 8.02. The molecule has 0 aliphatic heterocycles. The number of ether oxygens (including phenoxy) is 1. The van der Waals surface area contributed by atoms with E-state index < -0.39 is 10.7 Å². The number of likely N-dealkylation sites (N-methyl/N-ethyl adjacent to an activating group) is 1. The number of carbonyl (C=O) groups excluding carboxylic acids is 1. The molecule has 0 saturated heterocycles. The number of benzene rings is 2. The zero-order chi connectivity index (χ0) is 19.1. The fraction of sp³-hybridized carbons (Fsp3) is 0.278. The van der Waals surface area contributed by atoms with Gasteiger partial charge in [0.2, 0.25) is 5.91 Å². The minimum Gasteiger partial charge on any atom is -0.494 e. The SMILES string of the molecule is CCN(CC(=O)Nc1ccc([N+](=O)[O-])cc1)Cc1ccc(OC)c(F)c1. The third kappa shape index (κ3) is 5.25. The molecule has 0 aliphatic carbocycles. The summed E-state index contributed by atoms with van der Waals surface area (Å²) in [6.45, 7) is 3.02. The number of anilines is 1. The predicted octanol–water partition coefficient (Wildman–Crippen LogP) is 3.20. The molecule has 0 atom stereocenters. The largest absolute Gasteiger partial charge is 0.494 e. The topological polar surface area (TPSA) is 84.7 Å². The molecule has 26 heavy (non-hydrogen) atoms. The molecule has 0 aliphatic rings. The standard InChI is InChI=1S/C18H20FN3O4/c1-3-21(11-13-4-9-17(26-2)16(19)10-13)12-18(23)20-14-5-7-15(8-6-14)22(24)25/h4-10H,3,11-12H2,1-2H3,(H,20,23). The molecule has 0 saturated carbocycles. The van der Waals surface area contributed by atoms with E-state index in [1.165, 1.54) is 37.4 Å². The van der Waals surface area contributed by atoms with Crippen LogP contribution >= 0.6 is 0 Å². The van der Waals surface area contributed by atoms with Crippen LogP contribution in [0.15, 0.2) is 42.5 Å². The van der Waals surface area contributed by atoms with Crippen molar-refractivity contribution in [2.45, 2.75) is 13.5 Å². The number of halogens is 1. The summed E-state index contributed by atoms with van der Waals surface area (Å²) in [5.74, 6) is -0.529. The summed E-state index contributed by atoms with van der Waals surface area (Å²) in [4.78, 5) is 24.2. The lowest BCUT2D eigenvalue weighted by Gasteiger charge is -2.20. The molecule has 0 fully saturated rings. The monoisotopic (exact) mass is 361 g/mol. The average Bonchev–Trinajstić information content (AvgIpc) is 2.61. The lowest BCUT2D eigenvalue weighted by atomic mass is 10.2. The zero-order valence-electron chi connectivity index (χ0n) is 14.6. The number of nitrogens with zero attached hydrogens (tertiary/aromatic N) is 2. The summed E-state index contributed by atoms with van der Waals surface area (Å²) in [7, 11) is 1.40. The van der Waals surface area contributed by atoms with Gasteiger partial charge in [0, 0.05) is 24.4 Å². The van der Waals surface area contributed by atoms with Gasteiger partial charge in [-0.1, -0.05) is 13.0 Å². The summed E-state index contributed by atoms with van der Waals surface area (Å²) >= 11 is 0. The Morgan fingerprint density at radius 3 is 2.50 bits per heavy atom. The Kier molecular flexibility index (Phi) is 6.62. The van der Waals surface area contributed by atoms with Crippen molar-refractivity contribution in [1.82, 2.24) is 4.90 Å². The van der Waals surface area contributed by atoms with E-state index in [-0.39, 0.29) is 23.9 Å². The van der Waals surface area contributed by atoms with Crippen LogP contribution in [-0.4, -0.2) is 35.9 Å². The smallest absolute Gasteiger partial charge is 0.269 e. The molecule has 138 valence electrons.